The Bertz CT molecular complexity index is 790. The largest absolute Gasteiger partial charge is 0.468 e. The number of hydrogen-bond donors (Lipinski definition) is 1. The molecule has 3 aliphatic heterocycles. The van der Waals surface area contributed by atoms with Gasteiger partial charge in [-0.15, -0.1) is 0 Å². The van der Waals surface area contributed by atoms with Crippen LogP contribution in [-0.4, -0.2) is 48.9 Å². The number of halogens is 1. The lowest BCUT2D eigenvalue weighted by Crippen LogP contribution is -2.56. The molecule has 1 aromatic rings. The highest BCUT2D eigenvalue weighted by molar-refractivity contribution is 6.30. The number of ether oxygens (including phenoxy) is 1. The van der Waals surface area contributed by atoms with Crippen LogP contribution < -0.4 is 5.32 Å². The first-order valence-electron chi connectivity index (χ1n) is 8.72. The first kappa shape index (κ1) is 17.5. The van der Waals surface area contributed by atoms with E-state index in [1.807, 2.05) is 24.1 Å². The van der Waals surface area contributed by atoms with Crippen LogP contribution in [0, 0.1) is 29.1 Å². The number of ketones is 1. The second kappa shape index (κ2) is 6.34. The van der Waals surface area contributed by atoms with Crippen LogP contribution in [0.4, 0.5) is 0 Å². The average Bonchev–Trinajstić information content (AvgIpc) is 3.15. The zero-order valence-corrected chi connectivity index (χ0v) is 15.3. The molecule has 26 heavy (non-hydrogen) atoms. The van der Waals surface area contributed by atoms with Crippen molar-refractivity contribution in [2.24, 2.45) is 17.8 Å². The first-order chi connectivity index (χ1) is 12.5. The summed E-state index contributed by atoms with van der Waals surface area (Å²) >= 11 is 6.00. The van der Waals surface area contributed by atoms with Gasteiger partial charge < -0.3 is 4.74 Å². The van der Waals surface area contributed by atoms with E-state index in [0.717, 1.165) is 5.56 Å². The van der Waals surface area contributed by atoms with Gasteiger partial charge in [0.25, 0.3) is 0 Å². The number of fused-ring (bicyclic) bond motifs is 4. The number of hydrogen-bond acceptors (Lipinski definition) is 6. The number of carbonyl (C=O) groups is 2. The maximum atomic E-state index is 13.3. The molecule has 1 N–H and O–H groups in total. The van der Waals surface area contributed by atoms with Gasteiger partial charge in [0.05, 0.1) is 25.1 Å². The number of esters is 1. The van der Waals surface area contributed by atoms with Gasteiger partial charge in [-0.25, -0.2) is 0 Å². The molecule has 0 aromatic heterocycles. The second-order valence-electron chi connectivity index (χ2n) is 7.35. The van der Waals surface area contributed by atoms with Crippen LogP contribution in [0.5, 0.6) is 0 Å². The quantitative estimate of drug-likeness (QED) is 0.792. The normalized spacial score (nSPS) is 38.7. The average molecular weight is 374 g/mol. The molecule has 3 fully saturated rings. The van der Waals surface area contributed by atoms with Gasteiger partial charge in [-0.1, -0.05) is 23.7 Å². The molecule has 6 nitrogen and oxygen atoms in total. The van der Waals surface area contributed by atoms with Crippen molar-refractivity contribution >= 4 is 23.4 Å². The third-order valence-corrected chi connectivity index (χ3v) is 6.52. The molecule has 3 saturated heterocycles. The fraction of sp³-hybridized carbons (Fsp3) is 0.526. The molecule has 0 saturated carbocycles. The fourth-order valence-corrected chi connectivity index (χ4v) is 5.30. The molecule has 2 bridgehead atoms. The van der Waals surface area contributed by atoms with Crippen molar-refractivity contribution in [3.8, 4) is 6.07 Å². The standard InChI is InChI=1S/C19H20ClN3O3/c1-23-12-7-10(8-21)17(23)13-14(18(12)24)15(22-16(13)19(25)26-2)9-3-5-11(20)6-4-9/h3-6,10,12-17,22H,7H2,1-2H3/t10-,12+,13+,14-,15+,16+,17+/m0/s1. The number of nitriles is 1. The van der Waals surface area contributed by atoms with Crippen molar-refractivity contribution in [1.82, 2.24) is 10.2 Å². The van der Waals surface area contributed by atoms with E-state index in [4.69, 9.17) is 16.3 Å². The van der Waals surface area contributed by atoms with Crippen LogP contribution in [-0.2, 0) is 14.3 Å². The molecule has 1 aromatic carbocycles. The Morgan fingerprint density at radius 3 is 2.69 bits per heavy atom. The zero-order chi connectivity index (χ0) is 18.6. The lowest BCUT2D eigenvalue weighted by molar-refractivity contribution is -0.146. The van der Waals surface area contributed by atoms with Crippen LogP contribution >= 0.6 is 11.6 Å². The fourth-order valence-electron chi connectivity index (χ4n) is 5.17. The van der Waals surface area contributed by atoms with Gasteiger partial charge in [0.15, 0.2) is 5.78 Å². The van der Waals surface area contributed by atoms with Gasteiger partial charge in [0.1, 0.15) is 6.04 Å². The summed E-state index contributed by atoms with van der Waals surface area (Å²) in [5.41, 5.74) is 0.918. The third-order valence-electron chi connectivity index (χ3n) is 6.27. The Morgan fingerprint density at radius 1 is 1.38 bits per heavy atom. The molecule has 0 spiro atoms. The van der Waals surface area contributed by atoms with Gasteiger partial charge in [-0.2, -0.15) is 5.26 Å². The van der Waals surface area contributed by atoms with Crippen molar-refractivity contribution in [2.75, 3.05) is 14.2 Å². The molecule has 7 atom stereocenters. The van der Waals surface area contributed by atoms with E-state index in [0.29, 0.717) is 11.4 Å². The van der Waals surface area contributed by atoms with E-state index >= 15 is 0 Å². The Balaban J connectivity index is 1.79. The molecular weight excluding hydrogens is 354 g/mol. The Hall–Kier alpha value is -1.94. The number of Topliss-reactive ketones (excluding diaryl/α,β-unsaturated/α-hetero) is 1. The first-order valence-corrected chi connectivity index (χ1v) is 9.10. The molecule has 0 radical (unpaired) electrons. The summed E-state index contributed by atoms with van der Waals surface area (Å²) in [6, 6.07) is 8.37. The van der Waals surface area contributed by atoms with Crippen molar-refractivity contribution in [3.05, 3.63) is 34.9 Å². The smallest absolute Gasteiger partial charge is 0.323 e. The van der Waals surface area contributed by atoms with Crippen molar-refractivity contribution < 1.29 is 14.3 Å². The molecule has 0 unspecified atom stereocenters. The summed E-state index contributed by atoms with van der Waals surface area (Å²) in [6.07, 6.45) is 0.532. The van der Waals surface area contributed by atoms with E-state index in [9.17, 15) is 14.9 Å². The molecular formula is C19H20ClN3O3. The minimum Gasteiger partial charge on any atom is -0.468 e. The number of piperidine rings is 1. The maximum absolute atomic E-state index is 13.3. The molecule has 3 aliphatic rings. The van der Waals surface area contributed by atoms with Crippen LogP contribution in [0.2, 0.25) is 5.02 Å². The Labute approximate surface area is 157 Å². The Kier molecular flexibility index (Phi) is 4.26. The zero-order valence-electron chi connectivity index (χ0n) is 14.6. The molecule has 7 heteroatoms. The van der Waals surface area contributed by atoms with Gasteiger partial charge in [0.2, 0.25) is 0 Å². The van der Waals surface area contributed by atoms with Crippen LogP contribution in [0.15, 0.2) is 24.3 Å². The lowest BCUT2D eigenvalue weighted by atomic mass is 9.73. The second-order valence-corrected chi connectivity index (χ2v) is 7.78. The Morgan fingerprint density at radius 2 is 2.08 bits per heavy atom. The number of rotatable bonds is 2. The molecule has 3 heterocycles. The molecule has 4 rings (SSSR count). The van der Waals surface area contributed by atoms with Crippen molar-refractivity contribution in [2.45, 2.75) is 30.6 Å². The van der Waals surface area contributed by atoms with Gasteiger partial charge in [-0.05, 0) is 31.2 Å². The summed E-state index contributed by atoms with van der Waals surface area (Å²) in [6.45, 7) is 0. The molecule has 136 valence electrons. The van der Waals surface area contributed by atoms with Gasteiger partial charge in [0, 0.05) is 28.9 Å². The summed E-state index contributed by atoms with van der Waals surface area (Å²) in [5, 5.41) is 13.5. The number of nitrogens with one attached hydrogen (secondary N) is 1. The number of carbonyl (C=O) groups excluding carboxylic acids is 2. The SMILES string of the molecule is COC(=O)[C@@H]1N[C@H](c2ccc(Cl)cc2)[C@H]2C(=O)[C@H]3C[C@@H](C#N)[C@H]([C@H]21)N3C. The van der Waals surface area contributed by atoms with Crippen LogP contribution in [0.3, 0.4) is 0 Å². The van der Waals surface area contributed by atoms with E-state index in [1.165, 1.54) is 7.11 Å². The topological polar surface area (TPSA) is 82.4 Å². The maximum Gasteiger partial charge on any atom is 0.323 e. The predicted octanol–water partition coefficient (Wildman–Crippen LogP) is 1.55. The molecule has 0 aliphatic carbocycles. The minimum atomic E-state index is -0.614. The summed E-state index contributed by atoms with van der Waals surface area (Å²) in [4.78, 5) is 27.7. The highest BCUT2D eigenvalue weighted by Gasteiger charge is 2.63. The molecule has 0 amide bonds. The highest BCUT2D eigenvalue weighted by Crippen LogP contribution is 2.51. The van der Waals surface area contributed by atoms with Gasteiger partial charge in [-0.3, -0.25) is 19.8 Å². The highest BCUT2D eigenvalue weighted by atomic mass is 35.5. The summed E-state index contributed by atoms with van der Waals surface area (Å²) in [7, 11) is 3.23. The van der Waals surface area contributed by atoms with Crippen LogP contribution in [0.25, 0.3) is 0 Å². The summed E-state index contributed by atoms with van der Waals surface area (Å²) < 4.78 is 5.00. The third kappa shape index (κ3) is 2.38. The number of likely N-dealkylation sites (N-methyl/N-ethyl adjacent to an activating group) is 1. The minimum absolute atomic E-state index is 0.102. The van der Waals surface area contributed by atoms with Gasteiger partial charge >= 0.3 is 5.97 Å². The number of benzene rings is 1. The lowest BCUT2D eigenvalue weighted by Gasteiger charge is -2.41. The van der Waals surface area contributed by atoms with E-state index < -0.39 is 6.04 Å². The van der Waals surface area contributed by atoms with Crippen molar-refractivity contribution in [1.29, 1.82) is 5.26 Å². The monoisotopic (exact) mass is 373 g/mol. The number of methoxy groups -OCH3 is 1. The summed E-state index contributed by atoms with van der Waals surface area (Å²) in [5.74, 6) is -1.19. The van der Waals surface area contributed by atoms with Crippen LogP contribution in [0.1, 0.15) is 18.0 Å². The van der Waals surface area contributed by atoms with E-state index in [1.54, 1.807) is 12.1 Å². The van der Waals surface area contributed by atoms with Crippen molar-refractivity contribution in [3.63, 3.8) is 0 Å². The predicted molar refractivity (Wildman–Crippen MR) is 94.2 cm³/mol. The van der Waals surface area contributed by atoms with E-state index in [2.05, 4.69) is 11.4 Å². The van der Waals surface area contributed by atoms with E-state index in [-0.39, 0.29) is 47.6 Å². The number of nitrogens with zero attached hydrogens (tertiary/aromatic N) is 2.